The van der Waals surface area contributed by atoms with Gasteiger partial charge in [-0.3, -0.25) is 4.79 Å². The van der Waals surface area contributed by atoms with Gasteiger partial charge >= 0.3 is 11.9 Å². The summed E-state index contributed by atoms with van der Waals surface area (Å²) in [6.07, 6.45) is 6.43. The molecule has 1 aromatic carbocycles. The van der Waals surface area contributed by atoms with Gasteiger partial charge in [0.1, 0.15) is 12.3 Å². The van der Waals surface area contributed by atoms with E-state index in [1.165, 1.54) is 32.3 Å². The molecule has 1 heterocycles. The molecule has 0 atom stereocenters. The Morgan fingerprint density at radius 2 is 1.75 bits per heavy atom. The molecule has 148 valence electrons. The number of methoxy groups -OCH3 is 3. The lowest BCUT2D eigenvalue weighted by Crippen LogP contribution is -2.27. The number of carbonyl (C=O) groups excluding carboxylic acids is 3. The number of esters is 2. The molecule has 0 spiro atoms. The van der Waals surface area contributed by atoms with Crippen LogP contribution >= 0.6 is 0 Å². The maximum absolute atomic E-state index is 12.4. The van der Waals surface area contributed by atoms with E-state index >= 15 is 0 Å². The van der Waals surface area contributed by atoms with Gasteiger partial charge in [-0.2, -0.15) is 0 Å². The van der Waals surface area contributed by atoms with Gasteiger partial charge in [0.15, 0.2) is 0 Å². The third-order valence-corrected chi connectivity index (χ3v) is 3.93. The molecule has 0 unspecified atom stereocenters. The van der Waals surface area contributed by atoms with E-state index in [0.29, 0.717) is 11.4 Å². The van der Waals surface area contributed by atoms with Crippen molar-refractivity contribution in [2.24, 2.45) is 0 Å². The summed E-state index contributed by atoms with van der Waals surface area (Å²) in [5.74, 6) is -1.63. The third-order valence-electron chi connectivity index (χ3n) is 3.93. The van der Waals surface area contributed by atoms with E-state index < -0.39 is 11.9 Å². The number of amides is 1. The molecule has 0 radical (unpaired) electrons. The van der Waals surface area contributed by atoms with Crippen LogP contribution in [0.5, 0.6) is 0 Å². The van der Waals surface area contributed by atoms with Gasteiger partial charge in [0.25, 0.3) is 0 Å². The molecule has 0 aliphatic carbocycles. The lowest BCUT2D eigenvalue weighted by molar-refractivity contribution is -0.139. The van der Waals surface area contributed by atoms with Gasteiger partial charge in [-0.15, -0.1) is 0 Å². The van der Waals surface area contributed by atoms with Gasteiger partial charge < -0.3 is 24.4 Å². The molecule has 28 heavy (non-hydrogen) atoms. The van der Waals surface area contributed by atoms with Gasteiger partial charge in [-0.1, -0.05) is 6.08 Å². The van der Waals surface area contributed by atoms with E-state index in [-0.39, 0.29) is 23.8 Å². The monoisotopic (exact) mass is 386 g/mol. The third kappa shape index (κ3) is 4.66. The van der Waals surface area contributed by atoms with Crippen molar-refractivity contribution < 1.29 is 28.6 Å². The first-order valence-electron chi connectivity index (χ1n) is 8.37. The maximum Gasteiger partial charge on any atom is 0.355 e. The number of rotatable bonds is 6. The number of benzene rings is 1. The minimum atomic E-state index is -0.688. The zero-order valence-corrected chi connectivity index (χ0v) is 16.1. The number of carbonyl (C=O) groups is 3. The van der Waals surface area contributed by atoms with E-state index in [0.717, 1.165) is 5.56 Å². The van der Waals surface area contributed by atoms with Crippen LogP contribution in [0.3, 0.4) is 0 Å². The Morgan fingerprint density at radius 1 is 1.04 bits per heavy atom. The van der Waals surface area contributed by atoms with E-state index in [1.54, 1.807) is 36.6 Å². The Labute approximate surface area is 163 Å². The van der Waals surface area contributed by atoms with Crippen LogP contribution in [0.25, 0.3) is 0 Å². The van der Waals surface area contributed by atoms with Crippen LogP contribution in [0.2, 0.25) is 0 Å². The number of ether oxygens (including phenoxy) is 3. The number of nitrogens with zero attached hydrogens (tertiary/aromatic N) is 1. The van der Waals surface area contributed by atoms with Crippen molar-refractivity contribution in [2.45, 2.75) is 6.92 Å². The summed E-state index contributed by atoms with van der Waals surface area (Å²) in [5, 5.41) is 2.74. The highest BCUT2D eigenvalue weighted by Gasteiger charge is 2.27. The van der Waals surface area contributed by atoms with E-state index in [2.05, 4.69) is 5.32 Å². The predicted octanol–water partition coefficient (Wildman–Crippen LogP) is 2.07. The molecule has 8 heteroatoms. The summed E-state index contributed by atoms with van der Waals surface area (Å²) in [5.41, 5.74) is 2.06. The van der Waals surface area contributed by atoms with E-state index in [4.69, 9.17) is 14.2 Å². The lowest BCUT2D eigenvalue weighted by Gasteiger charge is -2.24. The number of nitrogens with one attached hydrogen (secondary N) is 1. The summed E-state index contributed by atoms with van der Waals surface area (Å²) in [6.45, 7) is 1.76. The fourth-order valence-electron chi connectivity index (χ4n) is 2.62. The Morgan fingerprint density at radius 3 is 2.36 bits per heavy atom. The standard InChI is InChI=1S/C20H22N2O6/c1-13-11-14(8-9-16(13)21-17(23)12-26-2)22-10-6-5-7-15(19(24)27-3)18(22)20(25)28-4/h5-11H,12H2,1-4H3,(H,21,23). The number of anilines is 2. The number of allylic oxidation sites excluding steroid dienone is 2. The molecular formula is C20H22N2O6. The van der Waals surface area contributed by atoms with Crippen molar-refractivity contribution in [1.29, 1.82) is 0 Å². The molecule has 8 nitrogen and oxygen atoms in total. The first-order chi connectivity index (χ1) is 13.4. The second-order valence-electron chi connectivity index (χ2n) is 5.80. The van der Waals surface area contributed by atoms with Crippen LogP contribution in [0.4, 0.5) is 11.4 Å². The minimum Gasteiger partial charge on any atom is -0.465 e. The molecule has 1 amide bonds. The average Bonchev–Trinajstić information content (AvgIpc) is 2.91. The second-order valence-corrected chi connectivity index (χ2v) is 5.80. The van der Waals surface area contributed by atoms with E-state index in [1.807, 2.05) is 6.92 Å². The number of hydrogen-bond acceptors (Lipinski definition) is 7. The Balaban J connectivity index is 2.49. The van der Waals surface area contributed by atoms with Crippen LogP contribution in [-0.2, 0) is 28.6 Å². The quantitative estimate of drug-likeness (QED) is 0.748. The highest BCUT2D eigenvalue weighted by molar-refractivity contribution is 6.05. The van der Waals surface area contributed by atoms with Crippen LogP contribution in [0.15, 0.2) is 53.9 Å². The molecule has 2 rings (SSSR count). The molecule has 0 saturated heterocycles. The molecule has 0 aromatic heterocycles. The van der Waals surface area contributed by atoms with Crippen LogP contribution in [0.1, 0.15) is 5.56 Å². The summed E-state index contributed by atoms with van der Waals surface area (Å²) in [7, 11) is 3.91. The summed E-state index contributed by atoms with van der Waals surface area (Å²) >= 11 is 0. The van der Waals surface area contributed by atoms with Gasteiger partial charge in [-0.25, -0.2) is 9.59 Å². The van der Waals surface area contributed by atoms with Crippen LogP contribution in [-0.4, -0.2) is 45.8 Å². The summed E-state index contributed by atoms with van der Waals surface area (Å²) in [6, 6.07) is 5.19. The first-order valence-corrected chi connectivity index (χ1v) is 8.37. The normalized spacial score (nSPS) is 13.2. The highest BCUT2D eigenvalue weighted by atomic mass is 16.5. The van der Waals surface area contributed by atoms with Crippen molar-refractivity contribution >= 4 is 29.2 Å². The fraction of sp³-hybridized carbons (Fsp3) is 0.250. The molecule has 1 aliphatic heterocycles. The Hall–Kier alpha value is -3.39. The Kier molecular flexibility index (Phi) is 7.11. The van der Waals surface area contributed by atoms with Crippen molar-refractivity contribution in [2.75, 3.05) is 38.2 Å². The molecule has 0 bridgehead atoms. The van der Waals surface area contributed by atoms with Crippen LogP contribution < -0.4 is 10.2 Å². The van der Waals surface area contributed by atoms with Crippen LogP contribution in [0, 0.1) is 6.92 Å². The second kappa shape index (κ2) is 9.52. The molecule has 0 saturated carbocycles. The molecule has 1 aromatic rings. The molecule has 1 aliphatic rings. The van der Waals surface area contributed by atoms with E-state index in [9.17, 15) is 14.4 Å². The maximum atomic E-state index is 12.4. The zero-order chi connectivity index (χ0) is 20.7. The number of aryl methyl sites for hydroxylation is 1. The van der Waals surface area contributed by atoms with Crippen molar-refractivity contribution in [3.63, 3.8) is 0 Å². The summed E-state index contributed by atoms with van der Waals surface area (Å²) in [4.78, 5) is 37.9. The fourth-order valence-corrected chi connectivity index (χ4v) is 2.62. The van der Waals surface area contributed by atoms with Crippen molar-refractivity contribution in [3.8, 4) is 0 Å². The van der Waals surface area contributed by atoms with Crippen molar-refractivity contribution in [1.82, 2.24) is 0 Å². The van der Waals surface area contributed by atoms with Gasteiger partial charge in [-0.05, 0) is 42.8 Å². The van der Waals surface area contributed by atoms with Crippen molar-refractivity contribution in [3.05, 3.63) is 59.5 Å². The molecular weight excluding hydrogens is 364 g/mol. The first kappa shape index (κ1) is 20.9. The van der Waals surface area contributed by atoms with Gasteiger partial charge in [0.2, 0.25) is 5.91 Å². The molecule has 1 N–H and O–H groups in total. The zero-order valence-electron chi connectivity index (χ0n) is 16.1. The Bertz CT molecular complexity index is 869. The summed E-state index contributed by atoms with van der Waals surface area (Å²) < 4.78 is 14.5. The largest absolute Gasteiger partial charge is 0.465 e. The van der Waals surface area contributed by atoms with Gasteiger partial charge in [0.05, 0.1) is 19.8 Å². The molecule has 0 fully saturated rings. The highest BCUT2D eigenvalue weighted by Crippen LogP contribution is 2.29. The smallest absolute Gasteiger partial charge is 0.355 e. The minimum absolute atomic E-state index is 0.0231. The SMILES string of the molecule is COCC(=O)Nc1ccc(N2C=CC=CC(C(=O)OC)=C2C(=O)OC)cc1C. The van der Waals surface area contributed by atoms with Gasteiger partial charge in [0, 0.05) is 24.7 Å². The topological polar surface area (TPSA) is 94.2 Å². The predicted molar refractivity (Wildman–Crippen MR) is 104 cm³/mol. The lowest BCUT2D eigenvalue weighted by atomic mass is 10.1. The number of hydrogen-bond donors (Lipinski definition) is 1. The average molecular weight is 386 g/mol.